The summed E-state index contributed by atoms with van der Waals surface area (Å²) in [6.07, 6.45) is 4.71. The second-order valence-corrected chi connectivity index (χ2v) is 7.53. The molecule has 1 atom stereocenters. The van der Waals surface area contributed by atoms with E-state index in [1.807, 2.05) is 27.7 Å². The Morgan fingerprint density at radius 2 is 1.37 bits per heavy atom. The molecule has 0 aromatic carbocycles. The third-order valence-electron chi connectivity index (χ3n) is 4.74. The second kappa shape index (κ2) is 8.44. The normalized spacial score (nSPS) is 16.1. The van der Waals surface area contributed by atoms with Gasteiger partial charge in [0.1, 0.15) is 0 Å². The SMILES string of the molecule is CCC(CC)OP(=O)(O)C(CC)(CC)C(CC)CC. The molecule has 1 unspecified atom stereocenters. The Labute approximate surface area is 119 Å². The van der Waals surface area contributed by atoms with Crippen molar-refractivity contribution in [1.82, 2.24) is 0 Å². The lowest BCUT2D eigenvalue weighted by atomic mass is 9.83. The highest BCUT2D eigenvalue weighted by molar-refractivity contribution is 7.54. The van der Waals surface area contributed by atoms with Crippen molar-refractivity contribution in [2.75, 3.05) is 0 Å². The van der Waals surface area contributed by atoms with Crippen LogP contribution in [0.5, 0.6) is 0 Å². The van der Waals surface area contributed by atoms with Crippen molar-refractivity contribution < 1.29 is 14.0 Å². The third kappa shape index (κ3) is 4.06. The summed E-state index contributed by atoms with van der Waals surface area (Å²) < 4.78 is 18.6. The van der Waals surface area contributed by atoms with Crippen LogP contribution in [0.4, 0.5) is 0 Å². The molecule has 0 rings (SSSR count). The number of rotatable bonds is 10. The van der Waals surface area contributed by atoms with E-state index in [0.29, 0.717) is 12.8 Å². The van der Waals surface area contributed by atoms with E-state index in [4.69, 9.17) is 4.52 Å². The van der Waals surface area contributed by atoms with Crippen molar-refractivity contribution >= 4 is 7.60 Å². The molecule has 0 saturated heterocycles. The maximum Gasteiger partial charge on any atom is 0.334 e. The lowest BCUT2D eigenvalue weighted by Crippen LogP contribution is -2.38. The summed E-state index contributed by atoms with van der Waals surface area (Å²) in [5, 5.41) is -0.584. The van der Waals surface area contributed by atoms with Gasteiger partial charge in [0.2, 0.25) is 0 Å². The second-order valence-electron chi connectivity index (χ2n) is 5.39. The molecule has 0 saturated carbocycles. The first-order chi connectivity index (χ1) is 8.88. The Morgan fingerprint density at radius 1 is 0.947 bits per heavy atom. The van der Waals surface area contributed by atoms with Crippen molar-refractivity contribution in [2.24, 2.45) is 5.92 Å². The maximum atomic E-state index is 12.9. The predicted octanol–water partition coefficient (Wildman–Crippen LogP) is 5.37. The highest BCUT2D eigenvalue weighted by Crippen LogP contribution is 2.64. The van der Waals surface area contributed by atoms with Gasteiger partial charge < -0.3 is 9.42 Å². The highest BCUT2D eigenvalue weighted by atomic mass is 31.2. The molecule has 0 heterocycles. The average molecular weight is 292 g/mol. The van der Waals surface area contributed by atoms with Crippen molar-refractivity contribution in [3.63, 3.8) is 0 Å². The molecule has 0 spiro atoms. The van der Waals surface area contributed by atoms with E-state index in [1.165, 1.54) is 0 Å². The Balaban J connectivity index is 5.40. The minimum absolute atomic E-state index is 0.109. The molecule has 0 aromatic heterocycles. The van der Waals surface area contributed by atoms with Gasteiger partial charge in [0.15, 0.2) is 0 Å². The van der Waals surface area contributed by atoms with Crippen LogP contribution in [0.15, 0.2) is 0 Å². The molecular weight excluding hydrogens is 259 g/mol. The van der Waals surface area contributed by atoms with Gasteiger partial charge in [-0.05, 0) is 31.6 Å². The summed E-state index contributed by atoms with van der Waals surface area (Å²) in [5.41, 5.74) is 0. The van der Waals surface area contributed by atoms with E-state index in [2.05, 4.69) is 13.8 Å². The van der Waals surface area contributed by atoms with Crippen LogP contribution in [-0.2, 0) is 9.09 Å². The van der Waals surface area contributed by atoms with Crippen LogP contribution >= 0.6 is 7.60 Å². The summed E-state index contributed by atoms with van der Waals surface area (Å²) >= 11 is 0. The summed E-state index contributed by atoms with van der Waals surface area (Å²) in [6.45, 7) is 12.2. The lowest BCUT2D eigenvalue weighted by Gasteiger charge is -2.42. The van der Waals surface area contributed by atoms with Gasteiger partial charge in [-0.1, -0.05) is 54.4 Å². The van der Waals surface area contributed by atoms with Crippen LogP contribution in [0.25, 0.3) is 0 Å². The molecule has 0 aliphatic heterocycles. The van der Waals surface area contributed by atoms with Crippen LogP contribution < -0.4 is 0 Å². The third-order valence-corrected chi connectivity index (χ3v) is 7.44. The number of hydrogen-bond donors (Lipinski definition) is 1. The van der Waals surface area contributed by atoms with Gasteiger partial charge in [0.25, 0.3) is 0 Å². The molecule has 0 radical (unpaired) electrons. The van der Waals surface area contributed by atoms with Gasteiger partial charge in [0, 0.05) is 0 Å². The van der Waals surface area contributed by atoms with E-state index >= 15 is 0 Å². The lowest BCUT2D eigenvalue weighted by molar-refractivity contribution is 0.134. The quantitative estimate of drug-likeness (QED) is 0.550. The fourth-order valence-electron chi connectivity index (χ4n) is 3.25. The smallest absolute Gasteiger partial charge is 0.324 e. The van der Waals surface area contributed by atoms with Crippen LogP contribution in [-0.4, -0.2) is 16.2 Å². The van der Waals surface area contributed by atoms with Crippen LogP contribution in [0.2, 0.25) is 0 Å². The molecule has 116 valence electrons. The Morgan fingerprint density at radius 3 is 1.63 bits per heavy atom. The van der Waals surface area contributed by atoms with Crippen molar-refractivity contribution in [1.29, 1.82) is 0 Å². The molecule has 3 nitrogen and oxygen atoms in total. The Kier molecular flexibility index (Phi) is 8.51. The van der Waals surface area contributed by atoms with Crippen LogP contribution in [0.1, 0.15) is 80.1 Å². The molecule has 0 bridgehead atoms. The first-order valence-electron chi connectivity index (χ1n) is 7.90. The van der Waals surface area contributed by atoms with E-state index in [1.54, 1.807) is 0 Å². The van der Waals surface area contributed by atoms with E-state index in [-0.39, 0.29) is 12.0 Å². The average Bonchev–Trinajstić information content (AvgIpc) is 2.41. The number of hydrogen-bond acceptors (Lipinski definition) is 2. The summed E-state index contributed by atoms with van der Waals surface area (Å²) in [4.78, 5) is 10.6. The maximum absolute atomic E-state index is 12.9. The van der Waals surface area contributed by atoms with Gasteiger partial charge >= 0.3 is 7.60 Å². The van der Waals surface area contributed by atoms with Gasteiger partial charge in [-0.2, -0.15) is 0 Å². The topological polar surface area (TPSA) is 46.5 Å². The van der Waals surface area contributed by atoms with Crippen molar-refractivity contribution in [2.45, 2.75) is 91.3 Å². The van der Waals surface area contributed by atoms with Crippen LogP contribution in [0, 0.1) is 5.92 Å². The molecule has 0 fully saturated rings. The zero-order valence-electron chi connectivity index (χ0n) is 13.6. The first kappa shape index (κ1) is 19.1. The van der Waals surface area contributed by atoms with Crippen LogP contribution in [0.3, 0.4) is 0 Å². The van der Waals surface area contributed by atoms with E-state index < -0.39 is 12.8 Å². The van der Waals surface area contributed by atoms with Gasteiger partial charge in [-0.3, -0.25) is 4.57 Å². The molecule has 19 heavy (non-hydrogen) atoms. The minimum Gasteiger partial charge on any atom is -0.324 e. The van der Waals surface area contributed by atoms with Crippen molar-refractivity contribution in [3.8, 4) is 0 Å². The van der Waals surface area contributed by atoms with Gasteiger partial charge in [0.05, 0.1) is 11.3 Å². The molecular formula is C15H33O3P. The predicted molar refractivity (Wildman–Crippen MR) is 82.7 cm³/mol. The van der Waals surface area contributed by atoms with Gasteiger partial charge in [-0.15, -0.1) is 0 Å². The molecule has 0 amide bonds. The molecule has 4 heteroatoms. The van der Waals surface area contributed by atoms with Gasteiger partial charge in [-0.25, -0.2) is 0 Å². The largest absolute Gasteiger partial charge is 0.334 e. The molecule has 0 aromatic rings. The zero-order chi connectivity index (χ0) is 15.1. The Bertz CT molecular complexity index is 279. The summed E-state index contributed by atoms with van der Waals surface area (Å²) in [7, 11) is -3.61. The standard InChI is InChI=1S/C15H33O3P/c1-7-13(8-2)15(11-5,12-6)19(16,17)18-14(9-3)10-4/h13-14H,7-12H2,1-6H3,(H,16,17). The highest BCUT2D eigenvalue weighted by Gasteiger charge is 2.51. The molecule has 0 aliphatic carbocycles. The van der Waals surface area contributed by atoms with Crippen molar-refractivity contribution in [3.05, 3.63) is 0 Å². The fourth-order valence-corrected chi connectivity index (χ4v) is 5.79. The molecule has 1 N–H and O–H groups in total. The monoisotopic (exact) mass is 292 g/mol. The zero-order valence-corrected chi connectivity index (χ0v) is 14.5. The van der Waals surface area contributed by atoms with E-state index in [9.17, 15) is 9.46 Å². The summed E-state index contributed by atoms with van der Waals surface area (Å²) in [5.74, 6) is 0.243. The Hall–Kier alpha value is 0.150. The summed E-state index contributed by atoms with van der Waals surface area (Å²) in [6, 6.07) is 0. The first-order valence-corrected chi connectivity index (χ1v) is 9.47. The molecule has 0 aliphatic rings. The minimum atomic E-state index is -3.61. The van der Waals surface area contributed by atoms with E-state index in [0.717, 1.165) is 25.7 Å². The fraction of sp³-hybridized carbons (Fsp3) is 1.00.